The molecule has 1 atom stereocenters. The number of ether oxygens (including phenoxy) is 3. The van der Waals surface area contributed by atoms with Gasteiger partial charge in [-0.2, -0.15) is 0 Å². The Morgan fingerprint density at radius 3 is 1.13 bits per heavy atom. The normalized spacial score (nSPS) is 13.3. The van der Waals surface area contributed by atoms with E-state index in [1.165, 1.54) is 44.9 Å². The van der Waals surface area contributed by atoms with Crippen molar-refractivity contribution in [3.63, 3.8) is 0 Å². The van der Waals surface area contributed by atoms with Crippen LogP contribution in [0.3, 0.4) is 0 Å². The number of allylic oxidation sites excluding steroid dienone is 24. The zero-order valence-electron chi connectivity index (χ0n) is 43.3. The molecule has 68 heavy (non-hydrogen) atoms. The first kappa shape index (κ1) is 63.3. The first-order chi connectivity index (χ1) is 33.5. The third-order valence-electron chi connectivity index (χ3n) is 10.7. The molecule has 0 aromatic rings. The second kappa shape index (κ2) is 54.9. The SMILES string of the molecule is CC\C=C/C=C\C=C/C=C\C=C/CCCC(=O)OCC(COC(=O)CCCCCCCC/C=C\C/C=C\C/C=C\C/C=C\CC)OC(=O)CCCCCCC\C=C/C=C\C=C/CCCCCCC. The van der Waals surface area contributed by atoms with Crippen LogP contribution in [0.15, 0.2) is 146 Å². The minimum Gasteiger partial charge on any atom is -0.462 e. The average molecular weight is 937 g/mol. The Bertz CT molecular complexity index is 1540. The Balaban J connectivity index is 4.56. The molecule has 6 heteroatoms. The molecule has 0 aromatic carbocycles. The Kier molecular flexibility index (Phi) is 51.1. The summed E-state index contributed by atoms with van der Waals surface area (Å²) in [5.41, 5.74) is 0. The Hall–Kier alpha value is -4.71. The molecule has 380 valence electrons. The van der Waals surface area contributed by atoms with E-state index in [9.17, 15) is 14.4 Å². The van der Waals surface area contributed by atoms with Crippen LogP contribution in [0, 0.1) is 0 Å². The first-order valence-electron chi connectivity index (χ1n) is 26.9. The summed E-state index contributed by atoms with van der Waals surface area (Å²) in [6.07, 6.45) is 78.4. The lowest BCUT2D eigenvalue weighted by molar-refractivity contribution is -0.167. The Morgan fingerprint density at radius 2 is 0.662 bits per heavy atom. The van der Waals surface area contributed by atoms with Gasteiger partial charge in [0.05, 0.1) is 0 Å². The molecule has 0 fully saturated rings. The maximum Gasteiger partial charge on any atom is 0.306 e. The molecule has 0 rings (SSSR count). The maximum absolute atomic E-state index is 12.8. The van der Waals surface area contributed by atoms with Crippen LogP contribution in [0.4, 0.5) is 0 Å². The lowest BCUT2D eigenvalue weighted by atomic mass is 10.1. The summed E-state index contributed by atoms with van der Waals surface area (Å²) in [6, 6.07) is 0. The highest BCUT2D eigenvalue weighted by molar-refractivity contribution is 5.71. The zero-order chi connectivity index (χ0) is 49.3. The lowest BCUT2D eigenvalue weighted by Gasteiger charge is -2.18. The number of rotatable bonds is 46. The molecule has 0 aliphatic heterocycles. The largest absolute Gasteiger partial charge is 0.462 e. The number of carbonyl (C=O) groups is 3. The molecule has 6 nitrogen and oxygen atoms in total. The van der Waals surface area contributed by atoms with Crippen molar-refractivity contribution in [1.82, 2.24) is 0 Å². The predicted molar refractivity (Wildman–Crippen MR) is 292 cm³/mol. The number of hydrogen-bond donors (Lipinski definition) is 0. The first-order valence-corrected chi connectivity index (χ1v) is 26.9. The van der Waals surface area contributed by atoms with Crippen molar-refractivity contribution < 1.29 is 28.6 Å². The Labute approximate surface area is 417 Å². The minimum absolute atomic E-state index is 0.123. The van der Waals surface area contributed by atoms with Gasteiger partial charge in [0.25, 0.3) is 0 Å². The van der Waals surface area contributed by atoms with Gasteiger partial charge in [0, 0.05) is 19.3 Å². The molecule has 0 saturated heterocycles. The van der Waals surface area contributed by atoms with Crippen LogP contribution in [-0.4, -0.2) is 37.2 Å². The molecule has 0 spiro atoms. The van der Waals surface area contributed by atoms with Crippen LogP contribution in [0.25, 0.3) is 0 Å². The van der Waals surface area contributed by atoms with E-state index in [1.807, 2.05) is 54.7 Å². The third kappa shape index (κ3) is 52.3. The summed E-state index contributed by atoms with van der Waals surface area (Å²) in [5, 5.41) is 0. The van der Waals surface area contributed by atoms with E-state index in [4.69, 9.17) is 14.2 Å². The second-order valence-electron chi connectivity index (χ2n) is 17.2. The van der Waals surface area contributed by atoms with Gasteiger partial charge in [-0.15, -0.1) is 0 Å². The van der Waals surface area contributed by atoms with Crippen molar-refractivity contribution >= 4 is 17.9 Å². The Morgan fingerprint density at radius 1 is 0.324 bits per heavy atom. The quantitative estimate of drug-likeness (QED) is 0.0199. The van der Waals surface area contributed by atoms with Gasteiger partial charge in [-0.25, -0.2) is 0 Å². The van der Waals surface area contributed by atoms with Crippen molar-refractivity contribution in [2.45, 2.75) is 213 Å². The van der Waals surface area contributed by atoms with Gasteiger partial charge >= 0.3 is 17.9 Å². The molecule has 0 aliphatic rings. The van der Waals surface area contributed by atoms with Gasteiger partial charge in [-0.05, 0) is 96.3 Å². The fourth-order valence-electron chi connectivity index (χ4n) is 6.76. The third-order valence-corrected chi connectivity index (χ3v) is 10.7. The summed E-state index contributed by atoms with van der Waals surface area (Å²) in [7, 11) is 0. The fourth-order valence-corrected chi connectivity index (χ4v) is 6.76. The molecular formula is C62H96O6. The van der Waals surface area contributed by atoms with Gasteiger partial charge < -0.3 is 14.2 Å². The standard InChI is InChI=1S/C62H96O6/c1-4-7-10-13-16-19-22-25-27-29-31-33-34-37-40-43-46-49-52-55-61(64)67-58-59(57-66-60(63)54-51-48-45-42-39-36-24-21-18-15-12-9-6-3)68-62(65)56-53-50-47-44-41-38-35-32-30-28-26-23-20-17-14-11-8-5-2/h7,9-10,12,15-16,18-19,21,23-28,30-33,35-36,39,42,45,59H,4-6,8,11,13-14,17,20,22,29,34,37-38,40-41,43-44,46-58H2,1-3H3/b10-7-,12-9-,18-15-,19-16-,24-21-,26-23-,27-25-,30-28-,33-31-,35-32-,39-36-,45-42-. The van der Waals surface area contributed by atoms with E-state index in [2.05, 4.69) is 112 Å². The number of hydrogen-bond acceptors (Lipinski definition) is 6. The van der Waals surface area contributed by atoms with Gasteiger partial charge in [0.1, 0.15) is 13.2 Å². The molecule has 0 amide bonds. The van der Waals surface area contributed by atoms with E-state index in [1.54, 1.807) is 0 Å². The summed E-state index contributed by atoms with van der Waals surface area (Å²) < 4.78 is 16.7. The summed E-state index contributed by atoms with van der Waals surface area (Å²) in [6.45, 7) is 6.25. The maximum atomic E-state index is 12.8. The van der Waals surface area contributed by atoms with Crippen LogP contribution in [0.1, 0.15) is 207 Å². The van der Waals surface area contributed by atoms with Crippen LogP contribution < -0.4 is 0 Å². The van der Waals surface area contributed by atoms with Gasteiger partial charge in [-0.1, -0.05) is 237 Å². The molecule has 0 aromatic heterocycles. The summed E-state index contributed by atoms with van der Waals surface area (Å²) in [5.74, 6) is -1.04. The molecule has 0 aliphatic carbocycles. The molecule has 0 heterocycles. The second-order valence-corrected chi connectivity index (χ2v) is 17.2. The molecule has 1 unspecified atom stereocenters. The van der Waals surface area contributed by atoms with Gasteiger partial charge in [-0.3, -0.25) is 14.4 Å². The molecule has 0 bridgehead atoms. The zero-order valence-corrected chi connectivity index (χ0v) is 43.3. The van der Waals surface area contributed by atoms with E-state index in [0.29, 0.717) is 12.8 Å². The highest BCUT2D eigenvalue weighted by atomic mass is 16.6. The topological polar surface area (TPSA) is 78.9 Å². The van der Waals surface area contributed by atoms with E-state index in [0.717, 1.165) is 116 Å². The highest BCUT2D eigenvalue weighted by Gasteiger charge is 2.19. The summed E-state index contributed by atoms with van der Waals surface area (Å²) in [4.78, 5) is 38.0. The summed E-state index contributed by atoms with van der Waals surface area (Å²) >= 11 is 0. The number of esters is 3. The molecule has 0 saturated carbocycles. The van der Waals surface area contributed by atoms with Crippen molar-refractivity contribution in [2.24, 2.45) is 0 Å². The van der Waals surface area contributed by atoms with Gasteiger partial charge in [0.2, 0.25) is 0 Å². The monoisotopic (exact) mass is 937 g/mol. The molecule has 0 N–H and O–H groups in total. The van der Waals surface area contributed by atoms with Crippen LogP contribution in [-0.2, 0) is 28.6 Å². The lowest BCUT2D eigenvalue weighted by Crippen LogP contribution is -2.30. The number of unbranched alkanes of at least 4 members (excludes halogenated alkanes) is 17. The van der Waals surface area contributed by atoms with E-state index in [-0.39, 0.29) is 44.0 Å². The van der Waals surface area contributed by atoms with Crippen molar-refractivity contribution in [1.29, 1.82) is 0 Å². The minimum atomic E-state index is -0.830. The molecule has 0 radical (unpaired) electrons. The molecular weight excluding hydrogens is 841 g/mol. The number of carbonyl (C=O) groups excluding carboxylic acids is 3. The van der Waals surface area contributed by atoms with Gasteiger partial charge in [0.15, 0.2) is 6.10 Å². The van der Waals surface area contributed by atoms with Crippen molar-refractivity contribution in [3.8, 4) is 0 Å². The smallest absolute Gasteiger partial charge is 0.306 e. The average Bonchev–Trinajstić information content (AvgIpc) is 3.34. The van der Waals surface area contributed by atoms with Crippen molar-refractivity contribution in [2.75, 3.05) is 13.2 Å². The predicted octanol–water partition coefficient (Wildman–Crippen LogP) is 18.0. The van der Waals surface area contributed by atoms with Crippen LogP contribution in [0.2, 0.25) is 0 Å². The van der Waals surface area contributed by atoms with E-state index >= 15 is 0 Å². The van der Waals surface area contributed by atoms with Crippen LogP contribution in [0.5, 0.6) is 0 Å². The highest BCUT2D eigenvalue weighted by Crippen LogP contribution is 2.13. The van der Waals surface area contributed by atoms with Crippen LogP contribution >= 0.6 is 0 Å². The van der Waals surface area contributed by atoms with E-state index < -0.39 is 6.10 Å². The fraction of sp³-hybridized carbons (Fsp3) is 0.565. The van der Waals surface area contributed by atoms with Crippen molar-refractivity contribution in [3.05, 3.63) is 146 Å².